The highest BCUT2D eigenvalue weighted by Gasteiger charge is 2.27. The summed E-state index contributed by atoms with van der Waals surface area (Å²) in [5.41, 5.74) is 2.71. The summed E-state index contributed by atoms with van der Waals surface area (Å²) < 4.78 is 27.6. The highest BCUT2D eigenvalue weighted by molar-refractivity contribution is 7.98. The fourth-order valence-corrected chi connectivity index (χ4v) is 6.00. The van der Waals surface area contributed by atoms with Crippen LogP contribution in [0.3, 0.4) is 0 Å². The lowest BCUT2D eigenvalue weighted by molar-refractivity contribution is -0.119. The Kier molecular flexibility index (Phi) is 9.09. The first kappa shape index (κ1) is 25.4. The van der Waals surface area contributed by atoms with Crippen molar-refractivity contribution in [1.29, 1.82) is 0 Å². The number of carbonyl (C=O) groups is 1. The van der Waals surface area contributed by atoms with Crippen molar-refractivity contribution in [3.05, 3.63) is 94.0 Å². The van der Waals surface area contributed by atoms with Gasteiger partial charge in [0.15, 0.2) is 0 Å². The summed E-state index contributed by atoms with van der Waals surface area (Å²) in [7, 11) is -4.01. The van der Waals surface area contributed by atoms with E-state index in [1.54, 1.807) is 30.0 Å². The third-order valence-electron chi connectivity index (χ3n) is 4.84. The molecule has 0 heterocycles. The van der Waals surface area contributed by atoms with Gasteiger partial charge in [-0.2, -0.15) is 11.8 Å². The molecule has 0 atom stereocenters. The number of aryl methyl sites for hydroxylation is 1. The predicted molar refractivity (Wildman–Crippen MR) is 138 cm³/mol. The van der Waals surface area contributed by atoms with Gasteiger partial charge in [0.05, 0.1) is 10.6 Å². The molecule has 0 spiro atoms. The Morgan fingerprint density at radius 2 is 1.61 bits per heavy atom. The topological polar surface area (TPSA) is 66.5 Å². The first-order chi connectivity index (χ1) is 15.8. The highest BCUT2D eigenvalue weighted by atomic mass is 35.5. The molecule has 0 aromatic heterocycles. The van der Waals surface area contributed by atoms with Gasteiger partial charge in [-0.05, 0) is 48.4 Å². The third-order valence-corrected chi connectivity index (χ3v) is 8.07. The number of sulfonamides is 1. The van der Waals surface area contributed by atoms with Gasteiger partial charge in [-0.25, -0.2) is 8.42 Å². The molecule has 5 nitrogen and oxygen atoms in total. The van der Waals surface area contributed by atoms with Crippen molar-refractivity contribution in [2.45, 2.75) is 17.6 Å². The van der Waals surface area contributed by atoms with Crippen molar-refractivity contribution in [3.63, 3.8) is 0 Å². The second kappa shape index (κ2) is 11.8. The van der Waals surface area contributed by atoms with E-state index in [-0.39, 0.29) is 20.6 Å². The zero-order valence-electron chi connectivity index (χ0n) is 18.0. The van der Waals surface area contributed by atoms with Crippen molar-refractivity contribution in [1.82, 2.24) is 5.32 Å². The van der Waals surface area contributed by atoms with Gasteiger partial charge in [0.1, 0.15) is 6.54 Å². The summed E-state index contributed by atoms with van der Waals surface area (Å²) in [6, 6.07) is 20.6. The number of amides is 1. The number of rotatable bonds is 10. The van der Waals surface area contributed by atoms with E-state index in [0.717, 1.165) is 10.1 Å². The van der Waals surface area contributed by atoms with Crippen LogP contribution in [-0.2, 0) is 20.6 Å². The minimum atomic E-state index is -4.01. The van der Waals surface area contributed by atoms with Crippen LogP contribution in [0.25, 0.3) is 0 Å². The molecule has 0 unspecified atom stereocenters. The Balaban J connectivity index is 1.67. The SMILES string of the molecule is Cc1ccccc1CSCCNC(=O)CN(c1cc(Cl)cc(Cl)c1)S(=O)(=O)c1ccccc1. The van der Waals surface area contributed by atoms with Gasteiger partial charge in [0.2, 0.25) is 5.91 Å². The van der Waals surface area contributed by atoms with E-state index < -0.39 is 22.5 Å². The average molecular weight is 524 g/mol. The van der Waals surface area contributed by atoms with Gasteiger partial charge in [0.25, 0.3) is 10.0 Å². The molecule has 9 heteroatoms. The maximum atomic E-state index is 13.3. The summed E-state index contributed by atoms with van der Waals surface area (Å²) >= 11 is 13.9. The summed E-state index contributed by atoms with van der Waals surface area (Å²) in [5.74, 6) is 1.13. The Morgan fingerprint density at radius 3 is 2.27 bits per heavy atom. The Labute approximate surface area is 209 Å². The minimum Gasteiger partial charge on any atom is -0.354 e. The fourth-order valence-electron chi connectivity index (χ4n) is 3.12. The normalized spacial score (nSPS) is 11.2. The molecule has 0 aliphatic rings. The van der Waals surface area contributed by atoms with Crippen molar-refractivity contribution >= 4 is 56.6 Å². The predicted octanol–water partition coefficient (Wildman–Crippen LogP) is 5.55. The second-order valence-electron chi connectivity index (χ2n) is 7.28. The van der Waals surface area contributed by atoms with E-state index in [4.69, 9.17) is 23.2 Å². The van der Waals surface area contributed by atoms with Crippen molar-refractivity contribution in [2.24, 2.45) is 0 Å². The lowest BCUT2D eigenvalue weighted by Gasteiger charge is -2.24. The Morgan fingerprint density at radius 1 is 0.970 bits per heavy atom. The minimum absolute atomic E-state index is 0.0719. The standard InChI is InChI=1S/C24H24Cl2N2O3S2/c1-18-7-5-6-8-19(18)17-32-12-11-27-24(29)16-28(22-14-20(25)13-21(26)15-22)33(30,31)23-9-3-2-4-10-23/h2-10,13-15H,11-12,16-17H2,1H3,(H,27,29). The van der Waals surface area contributed by atoms with Crippen molar-refractivity contribution < 1.29 is 13.2 Å². The summed E-state index contributed by atoms with van der Waals surface area (Å²) in [6.45, 7) is 2.10. The molecule has 3 rings (SSSR count). The van der Waals surface area contributed by atoms with Crippen LogP contribution in [0.1, 0.15) is 11.1 Å². The number of carbonyl (C=O) groups excluding carboxylic acids is 1. The van der Waals surface area contributed by atoms with Gasteiger partial charge in [0, 0.05) is 28.1 Å². The first-order valence-electron chi connectivity index (χ1n) is 10.2. The molecule has 1 N–H and O–H groups in total. The summed E-state index contributed by atoms with van der Waals surface area (Å²) in [6.07, 6.45) is 0. The van der Waals surface area contributed by atoms with E-state index in [9.17, 15) is 13.2 Å². The molecular weight excluding hydrogens is 499 g/mol. The monoisotopic (exact) mass is 522 g/mol. The van der Waals surface area contributed by atoms with Crippen LogP contribution in [0.5, 0.6) is 0 Å². The van der Waals surface area contributed by atoms with E-state index in [0.29, 0.717) is 12.3 Å². The highest BCUT2D eigenvalue weighted by Crippen LogP contribution is 2.29. The maximum absolute atomic E-state index is 13.3. The molecule has 3 aromatic rings. The number of halogens is 2. The molecule has 0 saturated carbocycles. The summed E-state index contributed by atoms with van der Waals surface area (Å²) in [4.78, 5) is 12.7. The molecule has 3 aromatic carbocycles. The number of benzene rings is 3. The summed E-state index contributed by atoms with van der Waals surface area (Å²) in [5, 5.41) is 3.36. The fraction of sp³-hybridized carbons (Fsp3) is 0.208. The average Bonchev–Trinajstić information content (AvgIpc) is 2.78. The number of nitrogens with zero attached hydrogens (tertiary/aromatic N) is 1. The molecular formula is C24H24Cl2N2O3S2. The number of thioether (sulfide) groups is 1. The van der Waals surface area contributed by atoms with Gasteiger partial charge in [-0.1, -0.05) is 65.7 Å². The largest absolute Gasteiger partial charge is 0.354 e. The van der Waals surface area contributed by atoms with Crippen LogP contribution in [0.15, 0.2) is 77.7 Å². The first-order valence-corrected chi connectivity index (χ1v) is 13.6. The van der Waals surface area contributed by atoms with Crippen LogP contribution in [0.2, 0.25) is 10.0 Å². The lowest BCUT2D eigenvalue weighted by atomic mass is 10.1. The molecule has 1 amide bonds. The van der Waals surface area contributed by atoms with E-state index in [2.05, 4.69) is 24.4 Å². The van der Waals surface area contributed by atoms with Gasteiger partial charge in [-0.3, -0.25) is 9.10 Å². The Hall–Kier alpha value is -2.19. The van der Waals surface area contributed by atoms with E-state index in [1.165, 1.54) is 41.5 Å². The molecule has 0 bridgehead atoms. The molecule has 0 saturated heterocycles. The second-order valence-corrected chi connectivity index (χ2v) is 11.1. The van der Waals surface area contributed by atoms with Crippen LogP contribution < -0.4 is 9.62 Å². The van der Waals surface area contributed by atoms with Crippen LogP contribution in [-0.4, -0.2) is 33.2 Å². The van der Waals surface area contributed by atoms with E-state index in [1.807, 2.05) is 12.1 Å². The number of nitrogens with one attached hydrogen (secondary N) is 1. The van der Waals surface area contributed by atoms with Crippen molar-refractivity contribution in [3.8, 4) is 0 Å². The third kappa shape index (κ3) is 7.14. The van der Waals surface area contributed by atoms with Crippen LogP contribution in [0.4, 0.5) is 5.69 Å². The number of hydrogen-bond acceptors (Lipinski definition) is 4. The van der Waals surface area contributed by atoms with Crippen LogP contribution >= 0.6 is 35.0 Å². The Bertz CT molecular complexity index is 1190. The molecule has 0 aliphatic heterocycles. The van der Waals surface area contributed by atoms with Gasteiger partial charge < -0.3 is 5.32 Å². The van der Waals surface area contributed by atoms with Crippen LogP contribution in [0, 0.1) is 6.92 Å². The zero-order chi connectivity index (χ0) is 23.8. The number of hydrogen-bond donors (Lipinski definition) is 1. The maximum Gasteiger partial charge on any atom is 0.264 e. The molecule has 174 valence electrons. The quantitative estimate of drug-likeness (QED) is 0.354. The lowest BCUT2D eigenvalue weighted by Crippen LogP contribution is -2.41. The number of anilines is 1. The van der Waals surface area contributed by atoms with E-state index >= 15 is 0 Å². The molecule has 0 aliphatic carbocycles. The molecule has 0 radical (unpaired) electrons. The van der Waals surface area contributed by atoms with Gasteiger partial charge in [-0.15, -0.1) is 0 Å². The molecule has 33 heavy (non-hydrogen) atoms. The molecule has 0 fully saturated rings. The zero-order valence-corrected chi connectivity index (χ0v) is 21.1. The van der Waals surface area contributed by atoms with Gasteiger partial charge >= 0.3 is 0 Å². The van der Waals surface area contributed by atoms with Crippen molar-refractivity contribution in [2.75, 3.05) is 23.1 Å². The smallest absolute Gasteiger partial charge is 0.264 e.